The van der Waals surface area contributed by atoms with Crippen molar-refractivity contribution in [1.29, 1.82) is 0 Å². The molecule has 1 amide bonds. The molecule has 3 rings (SSSR count). The predicted octanol–water partition coefficient (Wildman–Crippen LogP) is 1.82. The number of esters is 2. The minimum Gasteiger partial charge on any atom is -0.462 e. The van der Waals surface area contributed by atoms with Crippen LogP contribution in [-0.2, 0) is 20.9 Å². The monoisotopic (exact) mass is 418 g/mol. The van der Waals surface area contributed by atoms with Gasteiger partial charge in [0.25, 0.3) is 5.91 Å². The summed E-state index contributed by atoms with van der Waals surface area (Å²) in [5, 5.41) is 2.94. The summed E-state index contributed by atoms with van der Waals surface area (Å²) < 4.78 is 15.0. The zero-order valence-corrected chi connectivity index (χ0v) is 16.5. The minimum atomic E-state index is -0.679. The van der Waals surface area contributed by atoms with E-state index in [-0.39, 0.29) is 37.2 Å². The van der Waals surface area contributed by atoms with Gasteiger partial charge in [0.2, 0.25) is 0 Å². The molecule has 0 atom stereocenters. The Hall–Kier alpha value is -3.47. The smallest absolute Gasteiger partial charge is 0.348 e. The van der Waals surface area contributed by atoms with E-state index in [4.69, 9.17) is 19.6 Å². The molecule has 0 aliphatic rings. The van der Waals surface area contributed by atoms with E-state index in [1.54, 1.807) is 19.9 Å². The normalized spacial score (nSPS) is 10.7. The van der Waals surface area contributed by atoms with E-state index < -0.39 is 17.8 Å². The van der Waals surface area contributed by atoms with Crippen LogP contribution < -0.4 is 11.1 Å². The van der Waals surface area contributed by atoms with Crippen LogP contribution in [0.2, 0.25) is 0 Å². The number of aryl methyl sites for hydroxylation is 1. The van der Waals surface area contributed by atoms with Crippen molar-refractivity contribution in [3.8, 4) is 0 Å². The number of furan rings is 1. The Morgan fingerprint density at radius 2 is 2.07 bits per heavy atom. The maximum Gasteiger partial charge on any atom is 0.348 e. The molecule has 0 aromatic carbocycles. The number of amides is 1. The predicted molar refractivity (Wildman–Crippen MR) is 103 cm³/mol. The summed E-state index contributed by atoms with van der Waals surface area (Å²) >= 11 is 1.13. The van der Waals surface area contributed by atoms with Gasteiger partial charge in [-0.1, -0.05) is 0 Å². The third kappa shape index (κ3) is 4.51. The van der Waals surface area contributed by atoms with Crippen molar-refractivity contribution < 1.29 is 28.3 Å². The van der Waals surface area contributed by atoms with E-state index in [0.717, 1.165) is 11.3 Å². The topological polar surface area (TPSA) is 147 Å². The standard InChI is InChI=1S/C18H18N4O6S/c1-3-26-18(25)14-9(2)13-15(19)21-11(22-17(13)29-14)8-28-12(23)7-20-16(24)10-5-4-6-27-10/h4-6H,3,7-8H2,1-2H3,(H,20,24)(H2,19,21,22). The molecule has 0 aliphatic heterocycles. The van der Waals surface area contributed by atoms with Gasteiger partial charge in [0.05, 0.1) is 18.3 Å². The highest BCUT2D eigenvalue weighted by molar-refractivity contribution is 7.20. The number of nitrogens with one attached hydrogen (secondary N) is 1. The first-order valence-electron chi connectivity index (χ1n) is 8.60. The summed E-state index contributed by atoms with van der Waals surface area (Å²) in [4.78, 5) is 44.9. The Morgan fingerprint density at radius 1 is 1.28 bits per heavy atom. The van der Waals surface area contributed by atoms with Crippen LogP contribution >= 0.6 is 11.3 Å². The van der Waals surface area contributed by atoms with Crippen LogP contribution in [0.4, 0.5) is 5.82 Å². The molecule has 0 fully saturated rings. The van der Waals surface area contributed by atoms with Gasteiger partial charge in [0.15, 0.2) is 18.2 Å². The van der Waals surface area contributed by atoms with E-state index in [9.17, 15) is 14.4 Å². The summed E-state index contributed by atoms with van der Waals surface area (Å²) in [6, 6.07) is 3.03. The lowest BCUT2D eigenvalue weighted by atomic mass is 10.2. The minimum absolute atomic E-state index is 0.0878. The lowest BCUT2D eigenvalue weighted by Gasteiger charge is -2.06. The quantitative estimate of drug-likeness (QED) is 0.548. The average Bonchev–Trinajstić information content (AvgIpc) is 3.33. The van der Waals surface area contributed by atoms with E-state index in [1.165, 1.54) is 12.3 Å². The number of rotatable bonds is 7. The van der Waals surface area contributed by atoms with Gasteiger partial charge < -0.3 is 24.9 Å². The number of thiophene rings is 1. The third-order valence-electron chi connectivity index (χ3n) is 3.83. The third-order valence-corrected chi connectivity index (χ3v) is 4.99. The highest BCUT2D eigenvalue weighted by Crippen LogP contribution is 2.33. The van der Waals surface area contributed by atoms with Crippen molar-refractivity contribution in [3.63, 3.8) is 0 Å². The van der Waals surface area contributed by atoms with Gasteiger partial charge in [-0.2, -0.15) is 0 Å². The van der Waals surface area contributed by atoms with Crippen molar-refractivity contribution in [1.82, 2.24) is 15.3 Å². The first-order chi connectivity index (χ1) is 13.9. The van der Waals surface area contributed by atoms with Crippen LogP contribution in [0, 0.1) is 6.92 Å². The summed E-state index contributed by atoms with van der Waals surface area (Å²) in [7, 11) is 0. The average molecular weight is 418 g/mol. The van der Waals surface area contributed by atoms with E-state index in [0.29, 0.717) is 20.7 Å². The van der Waals surface area contributed by atoms with E-state index in [2.05, 4.69) is 15.3 Å². The first-order valence-corrected chi connectivity index (χ1v) is 9.42. The Kier molecular flexibility index (Phi) is 6.07. The molecule has 3 aromatic rings. The molecule has 3 heterocycles. The SMILES string of the molecule is CCOC(=O)c1sc2nc(COC(=O)CNC(=O)c3ccco3)nc(N)c2c1C. The molecular formula is C18H18N4O6S. The highest BCUT2D eigenvalue weighted by Gasteiger charge is 2.21. The largest absolute Gasteiger partial charge is 0.462 e. The number of nitrogens with two attached hydrogens (primary N) is 1. The van der Waals surface area contributed by atoms with Crippen LogP contribution in [0.5, 0.6) is 0 Å². The number of aromatic nitrogens is 2. The molecule has 11 heteroatoms. The van der Waals surface area contributed by atoms with Gasteiger partial charge in [0, 0.05) is 0 Å². The fraction of sp³-hybridized carbons (Fsp3) is 0.278. The Labute approximate surface area is 169 Å². The van der Waals surface area contributed by atoms with Gasteiger partial charge in [-0.15, -0.1) is 11.3 Å². The molecule has 0 saturated heterocycles. The summed E-state index contributed by atoms with van der Waals surface area (Å²) in [6.07, 6.45) is 1.35. The Bertz CT molecular complexity index is 1060. The molecule has 3 aromatic heterocycles. The number of carbonyl (C=O) groups excluding carboxylic acids is 3. The molecule has 0 unspecified atom stereocenters. The first kappa shape index (κ1) is 20.3. The molecule has 0 radical (unpaired) electrons. The molecule has 152 valence electrons. The van der Waals surface area contributed by atoms with Crippen molar-refractivity contribution >= 4 is 45.2 Å². The van der Waals surface area contributed by atoms with Crippen LogP contribution in [0.25, 0.3) is 10.2 Å². The number of fused-ring (bicyclic) bond motifs is 1. The lowest BCUT2D eigenvalue weighted by Crippen LogP contribution is -2.30. The molecule has 29 heavy (non-hydrogen) atoms. The van der Waals surface area contributed by atoms with Crippen LogP contribution in [0.15, 0.2) is 22.8 Å². The van der Waals surface area contributed by atoms with Crippen LogP contribution in [0.3, 0.4) is 0 Å². The number of carbonyl (C=O) groups is 3. The van der Waals surface area contributed by atoms with E-state index >= 15 is 0 Å². The highest BCUT2D eigenvalue weighted by atomic mass is 32.1. The number of nitrogen functional groups attached to an aromatic ring is 1. The number of nitrogens with zero attached hydrogens (tertiary/aromatic N) is 2. The fourth-order valence-electron chi connectivity index (χ4n) is 2.52. The maximum absolute atomic E-state index is 12.0. The zero-order chi connectivity index (χ0) is 21.0. The second kappa shape index (κ2) is 8.69. The number of hydrogen-bond donors (Lipinski definition) is 2. The summed E-state index contributed by atoms with van der Waals surface area (Å²) in [6.45, 7) is 3.14. The maximum atomic E-state index is 12.0. The molecule has 10 nitrogen and oxygen atoms in total. The number of hydrogen-bond acceptors (Lipinski definition) is 10. The van der Waals surface area contributed by atoms with Gasteiger partial charge in [-0.25, -0.2) is 14.8 Å². The summed E-state index contributed by atoms with van der Waals surface area (Å²) in [5.74, 6) is -1.22. The second-order valence-corrected chi connectivity index (χ2v) is 6.80. The Balaban J connectivity index is 1.65. The lowest BCUT2D eigenvalue weighted by molar-refractivity contribution is -0.143. The van der Waals surface area contributed by atoms with Gasteiger partial charge in [0.1, 0.15) is 22.1 Å². The van der Waals surface area contributed by atoms with Crippen molar-refractivity contribution in [3.05, 3.63) is 40.4 Å². The fourth-order valence-corrected chi connectivity index (χ4v) is 3.62. The molecular weight excluding hydrogens is 400 g/mol. The van der Waals surface area contributed by atoms with E-state index in [1.807, 2.05) is 0 Å². The van der Waals surface area contributed by atoms with Gasteiger partial charge in [-0.05, 0) is 31.5 Å². The molecule has 0 bridgehead atoms. The zero-order valence-electron chi connectivity index (χ0n) is 15.7. The summed E-state index contributed by atoms with van der Waals surface area (Å²) in [5.41, 5.74) is 6.64. The van der Waals surface area contributed by atoms with Crippen molar-refractivity contribution in [2.75, 3.05) is 18.9 Å². The molecule has 0 saturated carbocycles. The van der Waals surface area contributed by atoms with Crippen LogP contribution in [0.1, 0.15) is 38.5 Å². The number of ether oxygens (including phenoxy) is 2. The van der Waals surface area contributed by atoms with Crippen molar-refractivity contribution in [2.45, 2.75) is 20.5 Å². The van der Waals surface area contributed by atoms with Crippen molar-refractivity contribution in [2.24, 2.45) is 0 Å². The van der Waals surface area contributed by atoms with Gasteiger partial charge in [-0.3, -0.25) is 9.59 Å². The second-order valence-electron chi connectivity index (χ2n) is 5.80. The number of anilines is 1. The molecule has 0 spiro atoms. The Morgan fingerprint density at radius 3 is 2.76 bits per heavy atom. The van der Waals surface area contributed by atoms with Crippen LogP contribution in [-0.4, -0.2) is 41.0 Å². The molecule has 0 aliphatic carbocycles. The van der Waals surface area contributed by atoms with Gasteiger partial charge >= 0.3 is 11.9 Å². The molecule has 3 N–H and O–H groups in total.